The fourth-order valence-corrected chi connectivity index (χ4v) is 2.53. The van der Waals surface area contributed by atoms with Crippen molar-refractivity contribution in [3.8, 4) is 0 Å². The number of rotatable bonds is 7. The summed E-state index contributed by atoms with van der Waals surface area (Å²) in [6, 6.07) is 23.8. The van der Waals surface area contributed by atoms with Crippen LogP contribution in [-0.2, 0) is 13.0 Å². The first kappa shape index (κ1) is 16.7. The van der Waals surface area contributed by atoms with E-state index in [0.29, 0.717) is 12.2 Å². The Hall–Kier alpha value is -3.14. The number of nitrogens with zero attached hydrogens (tertiary/aromatic N) is 1. The molecule has 1 heterocycles. The fraction of sp³-hybridized carbons (Fsp3) is 0.143. The Bertz CT molecular complexity index is 804. The number of hydrogen-bond donors (Lipinski definition) is 2. The highest BCUT2D eigenvalue weighted by atomic mass is 16.1. The molecule has 0 saturated carbocycles. The van der Waals surface area contributed by atoms with Crippen molar-refractivity contribution in [1.82, 2.24) is 10.3 Å². The van der Waals surface area contributed by atoms with E-state index in [4.69, 9.17) is 0 Å². The number of carbonyl (C=O) groups excluding carboxylic acids is 1. The summed E-state index contributed by atoms with van der Waals surface area (Å²) in [5, 5.41) is 6.24. The Balaban J connectivity index is 1.52. The van der Waals surface area contributed by atoms with Gasteiger partial charge in [-0.3, -0.25) is 9.78 Å². The molecular weight excluding hydrogens is 310 g/mol. The van der Waals surface area contributed by atoms with Crippen molar-refractivity contribution in [2.24, 2.45) is 0 Å². The van der Waals surface area contributed by atoms with E-state index < -0.39 is 0 Å². The highest BCUT2D eigenvalue weighted by molar-refractivity contribution is 5.93. The van der Waals surface area contributed by atoms with Crippen molar-refractivity contribution in [3.05, 3.63) is 95.8 Å². The standard InChI is InChI=1S/C21H21N3O/c25-21(24-16-18-9-5-2-6-10-18)20-15-19(12-14-23-20)22-13-11-17-7-3-1-4-8-17/h1-10,12,14-15H,11,13,16H2,(H,22,23)(H,24,25). The zero-order valence-corrected chi connectivity index (χ0v) is 14.0. The molecule has 1 aromatic heterocycles. The van der Waals surface area contributed by atoms with Gasteiger partial charge in [0.05, 0.1) is 0 Å². The molecular formula is C21H21N3O. The van der Waals surface area contributed by atoms with Gasteiger partial charge in [0.15, 0.2) is 0 Å². The predicted molar refractivity (Wildman–Crippen MR) is 100 cm³/mol. The Kier molecular flexibility index (Phi) is 5.77. The summed E-state index contributed by atoms with van der Waals surface area (Å²) < 4.78 is 0. The molecule has 0 saturated heterocycles. The van der Waals surface area contributed by atoms with Crippen LogP contribution in [0.4, 0.5) is 5.69 Å². The molecule has 4 heteroatoms. The summed E-state index contributed by atoms with van der Waals surface area (Å²) >= 11 is 0. The van der Waals surface area contributed by atoms with Gasteiger partial charge in [0, 0.05) is 25.0 Å². The van der Waals surface area contributed by atoms with Crippen LogP contribution >= 0.6 is 0 Å². The third kappa shape index (κ3) is 5.18. The van der Waals surface area contributed by atoms with Crippen molar-refractivity contribution < 1.29 is 4.79 Å². The Labute approximate surface area is 147 Å². The van der Waals surface area contributed by atoms with Gasteiger partial charge in [0.1, 0.15) is 5.69 Å². The molecule has 2 aromatic carbocycles. The van der Waals surface area contributed by atoms with E-state index in [0.717, 1.165) is 24.2 Å². The number of anilines is 1. The Morgan fingerprint density at radius 2 is 1.56 bits per heavy atom. The van der Waals surface area contributed by atoms with Crippen LogP contribution < -0.4 is 10.6 Å². The molecule has 0 spiro atoms. The maximum absolute atomic E-state index is 12.3. The SMILES string of the molecule is O=C(NCc1ccccc1)c1cc(NCCc2ccccc2)ccn1. The third-order valence-electron chi connectivity index (χ3n) is 3.87. The number of amides is 1. The Morgan fingerprint density at radius 3 is 2.28 bits per heavy atom. The summed E-state index contributed by atoms with van der Waals surface area (Å²) in [6.07, 6.45) is 2.58. The van der Waals surface area contributed by atoms with Gasteiger partial charge in [-0.2, -0.15) is 0 Å². The number of hydrogen-bond acceptors (Lipinski definition) is 3. The minimum Gasteiger partial charge on any atom is -0.385 e. The molecule has 2 N–H and O–H groups in total. The molecule has 0 atom stereocenters. The summed E-state index contributed by atoms with van der Waals surface area (Å²) in [5.41, 5.74) is 3.66. The van der Waals surface area contributed by atoms with Crippen LogP contribution in [0, 0.1) is 0 Å². The van der Waals surface area contributed by atoms with Gasteiger partial charge < -0.3 is 10.6 Å². The summed E-state index contributed by atoms with van der Waals surface area (Å²) in [5.74, 6) is -0.171. The molecule has 0 aliphatic carbocycles. The van der Waals surface area contributed by atoms with Gasteiger partial charge >= 0.3 is 0 Å². The second kappa shape index (κ2) is 8.64. The second-order valence-electron chi connectivity index (χ2n) is 5.76. The molecule has 3 rings (SSSR count). The lowest BCUT2D eigenvalue weighted by molar-refractivity contribution is 0.0946. The number of pyridine rings is 1. The summed E-state index contributed by atoms with van der Waals surface area (Å²) in [7, 11) is 0. The summed E-state index contributed by atoms with van der Waals surface area (Å²) in [6.45, 7) is 1.30. The lowest BCUT2D eigenvalue weighted by Crippen LogP contribution is -2.23. The largest absolute Gasteiger partial charge is 0.385 e. The quantitative estimate of drug-likeness (QED) is 0.694. The van der Waals surface area contributed by atoms with Crippen LogP contribution in [-0.4, -0.2) is 17.4 Å². The predicted octanol–water partition coefficient (Wildman–Crippen LogP) is 3.67. The van der Waals surface area contributed by atoms with Gasteiger partial charge in [-0.15, -0.1) is 0 Å². The molecule has 0 bridgehead atoms. The number of carbonyl (C=O) groups is 1. The monoisotopic (exact) mass is 331 g/mol. The fourth-order valence-electron chi connectivity index (χ4n) is 2.53. The van der Waals surface area contributed by atoms with Crippen molar-refractivity contribution in [2.45, 2.75) is 13.0 Å². The minimum absolute atomic E-state index is 0.171. The van der Waals surface area contributed by atoms with Crippen LogP contribution in [0.3, 0.4) is 0 Å². The van der Waals surface area contributed by atoms with Gasteiger partial charge in [0.2, 0.25) is 0 Å². The minimum atomic E-state index is -0.171. The average Bonchev–Trinajstić information content (AvgIpc) is 2.68. The van der Waals surface area contributed by atoms with Crippen molar-refractivity contribution in [1.29, 1.82) is 0 Å². The van der Waals surface area contributed by atoms with Gasteiger partial charge in [-0.1, -0.05) is 60.7 Å². The van der Waals surface area contributed by atoms with Crippen LogP contribution in [0.2, 0.25) is 0 Å². The van der Waals surface area contributed by atoms with Crippen molar-refractivity contribution in [3.63, 3.8) is 0 Å². The van der Waals surface area contributed by atoms with Gasteiger partial charge in [0.25, 0.3) is 5.91 Å². The molecule has 126 valence electrons. The molecule has 3 aromatic rings. The van der Waals surface area contributed by atoms with E-state index in [1.54, 1.807) is 12.3 Å². The first-order chi connectivity index (χ1) is 12.3. The lowest BCUT2D eigenvalue weighted by atomic mass is 10.1. The smallest absolute Gasteiger partial charge is 0.270 e. The third-order valence-corrected chi connectivity index (χ3v) is 3.87. The van der Waals surface area contributed by atoms with Crippen LogP contribution in [0.25, 0.3) is 0 Å². The lowest BCUT2D eigenvalue weighted by Gasteiger charge is -2.09. The van der Waals surface area contributed by atoms with E-state index in [1.807, 2.05) is 54.6 Å². The van der Waals surface area contributed by atoms with Crippen LogP contribution in [0.15, 0.2) is 79.0 Å². The Morgan fingerprint density at radius 1 is 0.880 bits per heavy atom. The van der Waals surface area contributed by atoms with Gasteiger partial charge in [-0.25, -0.2) is 0 Å². The number of benzene rings is 2. The molecule has 4 nitrogen and oxygen atoms in total. The summed E-state index contributed by atoms with van der Waals surface area (Å²) in [4.78, 5) is 16.4. The normalized spacial score (nSPS) is 10.2. The highest BCUT2D eigenvalue weighted by Crippen LogP contribution is 2.09. The number of aromatic nitrogens is 1. The molecule has 0 unspecified atom stereocenters. The van der Waals surface area contributed by atoms with E-state index in [-0.39, 0.29) is 5.91 Å². The molecule has 0 aliphatic rings. The van der Waals surface area contributed by atoms with Gasteiger partial charge in [-0.05, 0) is 29.7 Å². The van der Waals surface area contributed by atoms with Crippen LogP contribution in [0.1, 0.15) is 21.6 Å². The van der Waals surface area contributed by atoms with E-state index >= 15 is 0 Å². The van der Waals surface area contributed by atoms with Crippen molar-refractivity contribution in [2.75, 3.05) is 11.9 Å². The molecule has 0 fully saturated rings. The van der Waals surface area contributed by atoms with Crippen LogP contribution in [0.5, 0.6) is 0 Å². The van der Waals surface area contributed by atoms with Crippen molar-refractivity contribution >= 4 is 11.6 Å². The maximum Gasteiger partial charge on any atom is 0.270 e. The average molecular weight is 331 g/mol. The maximum atomic E-state index is 12.3. The van der Waals surface area contributed by atoms with E-state index in [2.05, 4.69) is 27.8 Å². The zero-order chi connectivity index (χ0) is 17.3. The first-order valence-electron chi connectivity index (χ1n) is 8.37. The van der Waals surface area contributed by atoms with E-state index in [9.17, 15) is 4.79 Å². The first-order valence-corrected chi connectivity index (χ1v) is 8.37. The molecule has 25 heavy (non-hydrogen) atoms. The van der Waals surface area contributed by atoms with E-state index in [1.165, 1.54) is 5.56 Å². The number of nitrogens with one attached hydrogen (secondary N) is 2. The second-order valence-corrected chi connectivity index (χ2v) is 5.76. The molecule has 1 amide bonds. The molecule has 0 aliphatic heterocycles. The molecule has 0 radical (unpaired) electrons. The highest BCUT2D eigenvalue weighted by Gasteiger charge is 2.07. The zero-order valence-electron chi connectivity index (χ0n) is 14.0. The topological polar surface area (TPSA) is 54.0 Å².